The summed E-state index contributed by atoms with van der Waals surface area (Å²) in [5.74, 6) is -1.86. The number of hydrogen-bond donors (Lipinski definition) is 2. The van der Waals surface area contributed by atoms with E-state index in [2.05, 4.69) is 36.3 Å². The van der Waals surface area contributed by atoms with Crippen LogP contribution in [0.25, 0.3) is 17.1 Å². The molecule has 0 aliphatic heterocycles. The van der Waals surface area contributed by atoms with Crippen molar-refractivity contribution in [3.8, 4) is 17.1 Å². The number of halogens is 7. The Morgan fingerprint density at radius 3 is 2.32 bits per heavy atom. The summed E-state index contributed by atoms with van der Waals surface area (Å²) >= 11 is 0. The van der Waals surface area contributed by atoms with Crippen LogP contribution in [0, 0.1) is 5.82 Å². The number of alkyl halides is 6. The van der Waals surface area contributed by atoms with Crippen LogP contribution in [0.2, 0.25) is 0 Å². The zero-order valence-electron chi connectivity index (χ0n) is 18.2. The summed E-state index contributed by atoms with van der Waals surface area (Å²) in [6.07, 6.45) is -8.41. The lowest BCUT2D eigenvalue weighted by atomic mass is 9.93. The molecule has 1 fully saturated rings. The Labute approximate surface area is 201 Å². The van der Waals surface area contributed by atoms with Crippen LogP contribution in [-0.4, -0.2) is 41.5 Å². The Balaban J connectivity index is 1.46. The minimum absolute atomic E-state index is 0.0370. The minimum atomic E-state index is -4.74. The molecule has 0 spiro atoms. The van der Waals surface area contributed by atoms with E-state index < -0.39 is 40.7 Å². The fraction of sp³-hybridized carbons (Fsp3) is 0.238. The lowest BCUT2D eigenvalue weighted by Crippen LogP contribution is -2.29. The highest BCUT2D eigenvalue weighted by Gasteiger charge is 2.53. The van der Waals surface area contributed by atoms with E-state index in [1.807, 2.05) is 0 Å². The summed E-state index contributed by atoms with van der Waals surface area (Å²) in [7, 11) is 0. The van der Waals surface area contributed by atoms with Gasteiger partial charge in [0.1, 0.15) is 5.82 Å². The Morgan fingerprint density at radius 1 is 1.00 bits per heavy atom. The number of tetrazole rings is 1. The van der Waals surface area contributed by atoms with Crippen molar-refractivity contribution in [3.05, 3.63) is 65.2 Å². The standard InChI is InChI=1S/C21H13F7N8O/c22-14-7-10(20(23,24)25)1-3-13(14)19(5-6-19)18(37)29-11-2-4-15(12(8-11)17-31-33-34-32-17)36-9-16(30-35-36)21(26,27)28/h1-4,7-9H,5-6H2,(H,29,37)(H,31,32,33,34). The average Bonchev–Trinajstić information content (AvgIpc) is 3.21. The molecule has 0 radical (unpaired) electrons. The number of aromatic amines is 1. The number of anilines is 1. The van der Waals surface area contributed by atoms with Gasteiger partial charge in [0.25, 0.3) is 0 Å². The summed E-state index contributed by atoms with van der Waals surface area (Å²) in [5.41, 5.74) is -3.61. The molecule has 37 heavy (non-hydrogen) atoms. The van der Waals surface area contributed by atoms with Crippen LogP contribution >= 0.6 is 0 Å². The highest BCUT2D eigenvalue weighted by Crippen LogP contribution is 2.50. The van der Waals surface area contributed by atoms with Gasteiger partial charge in [0.15, 0.2) is 5.69 Å². The molecule has 0 unspecified atom stereocenters. The van der Waals surface area contributed by atoms with Crippen molar-refractivity contribution in [3.63, 3.8) is 0 Å². The van der Waals surface area contributed by atoms with E-state index in [1.54, 1.807) is 0 Å². The number of rotatable bonds is 5. The van der Waals surface area contributed by atoms with Gasteiger partial charge < -0.3 is 5.32 Å². The van der Waals surface area contributed by atoms with Crippen LogP contribution in [0.5, 0.6) is 0 Å². The molecular formula is C21H13F7N8O. The molecule has 1 saturated carbocycles. The molecule has 9 nitrogen and oxygen atoms in total. The number of amides is 1. The second-order valence-electron chi connectivity index (χ2n) is 8.24. The van der Waals surface area contributed by atoms with Gasteiger partial charge in [0.2, 0.25) is 11.7 Å². The number of nitrogens with zero attached hydrogens (tertiary/aromatic N) is 6. The van der Waals surface area contributed by atoms with Gasteiger partial charge in [-0.3, -0.25) is 4.79 Å². The van der Waals surface area contributed by atoms with E-state index >= 15 is 0 Å². The number of carbonyl (C=O) groups excluding carboxylic acids is 1. The van der Waals surface area contributed by atoms with Crippen molar-refractivity contribution in [1.82, 2.24) is 35.6 Å². The maximum absolute atomic E-state index is 14.6. The number of hydrogen-bond acceptors (Lipinski definition) is 6. The van der Waals surface area contributed by atoms with Crippen LogP contribution in [0.3, 0.4) is 0 Å². The summed E-state index contributed by atoms with van der Waals surface area (Å²) in [6, 6.07) is 6.02. The number of aromatic nitrogens is 7. The molecule has 2 heterocycles. The highest BCUT2D eigenvalue weighted by molar-refractivity contribution is 6.02. The van der Waals surface area contributed by atoms with Crippen molar-refractivity contribution in [2.45, 2.75) is 30.6 Å². The molecule has 2 N–H and O–H groups in total. The Hall–Kier alpha value is -4.37. The van der Waals surface area contributed by atoms with E-state index in [9.17, 15) is 35.5 Å². The van der Waals surface area contributed by atoms with Gasteiger partial charge in [-0.1, -0.05) is 11.3 Å². The lowest BCUT2D eigenvalue weighted by molar-refractivity contribution is -0.141. The first-order valence-electron chi connectivity index (χ1n) is 10.4. The van der Waals surface area contributed by atoms with Crippen molar-refractivity contribution < 1.29 is 35.5 Å². The Morgan fingerprint density at radius 2 is 1.76 bits per heavy atom. The van der Waals surface area contributed by atoms with Crippen molar-refractivity contribution in [1.29, 1.82) is 0 Å². The normalized spacial score (nSPS) is 15.0. The van der Waals surface area contributed by atoms with Gasteiger partial charge in [-0.25, -0.2) is 9.07 Å². The predicted molar refractivity (Wildman–Crippen MR) is 110 cm³/mol. The molecule has 192 valence electrons. The van der Waals surface area contributed by atoms with Crippen molar-refractivity contribution in [2.75, 3.05) is 5.32 Å². The third-order valence-corrected chi connectivity index (χ3v) is 5.87. The molecule has 2 aromatic carbocycles. The second kappa shape index (κ2) is 8.35. The fourth-order valence-electron chi connectivity index (χ4n) is 3.85. The minimum Gasteiger partial charge on any atom is -0.325 e. The molecule has 2 aromatic heterocycles. The zero-order valence-corrected chi connectivity index (χ0v) is 18.2. The SMILES string of the molecule is O=C(Nc1ccc(-n2cc(C(F)(F)F)nn2)c(-c2nn[nH]n2)c1)C1(c2ccc(C(F)(F)F)cc2F)CC1. The first-order chi connectivity index (χ1) is 17.4. The first-order valence-corrected chi connectivity index (χ1v) is 10.4. The summed E-state index contributed by atoms with van der Waals surface area (Å²) in [4.78, 5) is 13.1. The molecule has 1 amide bonds. The van der Waals surface area contributed by atoms with Crippen LogP contribution in [0.1, 0.15) is 29.7 Å². The van der Waals surface area contributed by atoms with Gasteiger partial charge in [-0.05, 0) is 48.4 Å². The maximum atomic E-state index is 14.6. The second-order valence-corrected chi connectivity index (χ2v) is 8.24. The molecule has 0 bridgehead atoms. The highest BCUT2D eigenvalue weighted by atomic mass is 19.4. The number of H-pyrrole nitrogens is 1. The smallest absolute Gasteiger partial charge is 0.325 e. The summed E-state index contributed by atoms with van der Waals surface area (Å²) < 4.78 is 93.1. The van der Waals surface area contributed by atoms with Crippen LogP contribution in [0.4, 0.5) is 36.4 Å². The van der Waals surface area contributed by atoms with Gasteiger partial charge in [-0.15, -0.1) is 15.3 Å². The van der Waals surface area contributed by atoms with E-state index in [-0.39, 0.29) is 41.2 Å². The third kappa shape index (κ3) is 4.49. The molecular weight excluding hydrogens is 513 g/mol. The van der Waals surface area contributed by atoms with Gasteiger partial charge >= 0.3 is 12.4 Å². The molecule has 4 aromatic rings. The molecule has 0 saturated heterocycles. The average molecular weight is 526 g/mol. The third-order valence-electron chi connectivity index (χ3n) is 5.87. The van der Waals surface area contributed by atoms with E-state index in [1.165, 1.54) is 18.2 Å². The zero-order chi connectivity index (χ0) is 26.6. The van der Waals surface area contributed by atoms with E-state index in [0.29, 0.717) is 18.3 Å². The molecule has 16 heteroatoms. The summed E-state index contributed by atoms with van der Waals surface area (Å²) in [6.45, 7) is 0. The van der Waals surface area contributed by atoms with Gasteiger partial charge in [0.05, 0.1) is 28.4 Å². The first kappa shape index (κ1) is 24.3. The molecule has 5 rings (SSSR count). The summed E-state index contributed by atoms with van der Waals surface area (Å²) in [5, 5.41) is 22.4. The number of benzene rings is 2. The van der Waals surface area contributed by atoms with Gasteiger partial charge in [0, 0.05) is 11.3 Å². The largest absolute Gasteiger partial charge is 0.436 e. The van der Waals surface area contributed by atoms with Gasteiger partial charge in [-0.2, -0.15) is 31.6 Å². The van der Waals surface area contributed by atoms with Crippen LogP contribution in [0.15, 0.2) is 42.6 Å². The number of nitrogens with one attached hydrogen (secondary N) is 2. The quantitative estimate of drug-likeness (QED) is 0.375. The molecule has 1 aliphatic rings. The van der Waals surface area contributed by atoms with Crippen molar-refractivity contribution >= 4 is 11.6 Å². The van der Waals surface area contributed by atoms with Crippen LogP contribution < -0.4 is 5.32 Å². The predicted octanol–water partition coefficient (Wildman–Crippen LogP) is 4.29. The van der Waals surface area contributed by atoms with Crippen LogP contribution in [-0.2, 0) is 22.6 Å². The van der Waals surface area contributed by atoms with E-state index in [0.717, 1.165) is 10.7 Å². The number of carbonyl (C=O) groups is 1. The van der Waals surface area contributed by atoms with E-state index in [4.69, 9.17) is 0 Å². The monoisotopic (exact) mass is 526 g/mol. The molecule has 1 aliphatic carbocycles. The lowest BCUT2D eigenvalue weighted by Gasteiger charge is -2.18. The Bertz CT molecular complexity index is 1470. The van der Waals surface area contributed by atoms with Crippen molar-refractivity contribution in [2.24, 2.45) is 0 Å². The Kier molecular flexibility index (Phi) is 5.49. The molecule has 0 atom stereocenters. The fourth-order valence-corrected chi connectivity index (χ4v) is 3.85. The maximum Gasteiger partial charge on any atom is 0.436 e. The topological polar surface area (TPSA) is 114 Å².